The molecular weight excluding hydrogens is 304 g/mol. The molecule has 0 atom stereocenters. The Labute approximate surface area is 149 Å². The third-order valence-corrected chi connectivity index (χ3v) is 3.24. The maximum atomic E-state index is 5.35. The Bertz CT molecular complexity index is 175. The van der Waals surface area contributed by atoms with Crippen LogP contribution in [0.3, 0.4) is 0 Å². The van der Waals surface area contributed by atoms with Crippen LogP contribution in [-0.4, -0.2) is 78.5 Å². The van der Waals surface area contributed by atoms with Gasteiger partial charge in [0.25, 0.3) is 0 Å². The first-order valence-corrected chi connectivity index (χ1v) is 9.46. The van der Waals surface area contributed by atoms with E-state index in [1.54, 1.807) is 0 Å². The van der Waals surface area contributed by atoms with Crippen LogP contribution in [0.4, 0.5) is 0 Å². The van der Waals surface area contributed by atoms with Gasteiger partial charge in [-0.25, -0.2) is 0 Å². The molecule has 0 aliphatic rings. The van der Waals surface area contributed by atoms with E-state index in [0.717, 1.165) is 78.3 Å². The van der Waals surface area contributed by atoms with Gasteiger partial charge in [-0.3, -0.25) is 0 Å². The number of rotatable bonds is 18. The van der Waals surface area contributed by atoms with Gasteiger partial charge in [0.1, 0.15) is 0 Å². The lowest BCUT2D eigenvalue weighted by Gasteiger charge is -2.07. The molecule has 0 spiro atoms. The summed E-state index contributed by atoms with van der Waals surface area (Å²) >= 11 is 0. The van der Waals surface area contributed by atoms with E-state index in [-0.39, 0.29) is 0 Å². The van der Waals surface area contributed by atoms with Crippen LogP contribution in [-0.2, 0) is 0 Å². The molecule has 8 heteroatoms. The van der Waals surface area contributed by atoms with Crippen molar-refractivity contribution in [3.63, 3.8) is 0 Å². The average Bonchev–Trinajstić information content (AvgIpc) is 2.60. The number of unbranched alkanes of at least 4 members (excludes halogenated alkanes) is 3. The molecule has 0 radical (unpaired) electrons. The van der Waals surface area contributed by atoms with Gasteiger partial charge in [0.05, 0.1) is 0 Å². The van der Waals surface area contributed by atoms with Crippen molar-refractivity contribution in [1.82, 2.24) is 21.3 Å². The zero-order valence-electron chi connectivity index (χ0n) is 15.6. The minimum Gasteiger partial charge on any atom is -0.330 e. The Morgan fingerprint density at radius 1 is 0.333 bits per heavy atom. The second-order valence-corrected chi connectivity index (χ2v) is 5.57. The van der Waals surface area contributed by atoms with Crippen LogP contribution in [0.1, 0.15) is 25.7 Å². The summed E-state index contributed by atoms with van der Waals surface area (Å²) in [6.07, 6.45) is 4.79. The van der Waals surface area contributed by atoms with E-state index in [1.165, 1.54) is 12.8 Å². The number of hydrogen-bond acceptors (Lipinski definition) is 8. The monoisotopic (exact) mass is 348 g/mol. The van der Waals surface area contributed by atoms with Gasteiger partial charge >= 0.3 is 0 Å². The van der Waals surface area contributed by atoms with Crippen molar-refractivity contribution in [1.29, 1.82) is 0 Å². The molecule has 0 aliphatic heterocycles. The number of nitrogens with two attached hydrogens (primary N) is 4. The molecule has 0 aromatic rings. The zero-order chi connectivity index (χ0) is 18.1. The van der Waals surface area contributed by atoms with E-state index >= 15 is 0 Å². The van der Waals surface area contributed by atoms with E-state index in [4.69, 9.17) is 22.9 Å². The molecule has 0 saturated heterocycles. The molecule has 0 amide bonds. The number of nitrogens with one attached hydrogen (secondary N) is 4. The van der Waals surface area contributed by atoms with Crippen LogP contribution in [0.25, 0.3) is 0 Å². The van der Waals surface area contributed by atoms with Gasteiger partial charge in [-0.1, -0.05) is 12.8 Å². The topological polar surface area (TPSA) is 152 Å². The third-order valence-electron chi connectivity index (χ3n) is 3.24. The number of hydrogen-bond donors (Lipinski definition) is 8. The lowest BCUT2D eigenvalue weighted by atomic mass is 10.2. The lowest BCUT2D eigenvalue weighted by Crippen LogP contribution is -2.36. The zero-order valence-corrected chi connectivity index (χ0v) is 15.6. The van der Waals surface area contributed by atoms with Gasteiger partial charge in [-0.05, 0) is 25.9 Å². The van der Waals surface area contributed by atoms with E-state index in [0.29, 0.717) is 13.1 Å². The molecule has 0 unspecified atom stereocenters. The highest BCUT2D eigenvalue weighted by Crippen LogP contribution is 1.95. The Morgan fingerprint density at radius 3 is 0.875 bits per heavy atom. The minimum absolute atomic E-state index is 0.706. The maximum absolute atomic E-state index is 5.35. The largest absolute Gasteiger partial charge is 0.330 e. The first-order valence-electron chi connectivity index (χ1n) is 9.46. The van der Waals surface area contributed by atoms with Crippen LogP contribution in [0.15, 0.2) is 0 Å². The second kappa shape index (κ2) is 27.5. The van der Waals surface area contributed by atoms with E-state index < -0.39 is 0 Å². The molecule has 0 rings (SSSR count). The van der Waals surface area contributed by atoms with E-state index in [1.807, 2.05) is 0 Å². The Hall–Kier alpha value is -0.320. The van der Waals surface area contributed by atoms with Crippen LogP contribution >= 0.6 is 0 Å². The molecule has 0 bridgehead atoms. The summed E-state index contributed by atoms with van der Waals surface area (Å²) in [5.74, 6) is 0. The molecule has 0 fully saturated rings. The maximum Gasteiger partial charge on any atom is 0.00772 e. The molecule has 0 aromatic heterocycles. The van der Waals surface area contributed by atoms with Crippen molar-refractivity contribution in [2.24, 2.45) is 22.9 Å². The van der Waals surface area contributed by atoms with Gasteiger partial charge in [-0.2, -0.15) is 0 Å². The first-order chi connectivity index (χ1) is 11.8. The minimum atomic E-state index is 0.706. The standard InChI is InChI=1S/C10H28N6.C6H16N2/c11-1-3-13-5-7-15-9-10-16-8-6-14-4-2-12;7-5-3-1-2-4-6-8/h13-16H,1-12H2;1-8H2. The van der Waals surface area contributed by atoms with Gasteiger partial charge in [0, 0.05) is 65.4 Å². The third kappa shape index (κ3) is 29.7. The highest BCUT2D eigenvalue weighted by Gasteiger charge is 1.89. The van der Waals surface area contributed by atoms with Crippen molar-refractivity contribution >= 4 is 0 Å². The predicted molar refractivity (Wildman–Crippen MR) is 106 cm³/mol. The molecular formula is C16H44N8. The molecule has 12 N–H and O–H groups in total. The normalized spacial score (nSPS) is 10.5. The van der Waals surface area contributed by atoms with Crippen molar-refractivity contribution < 1.29 is 0 Å². The van der Waals surface area contributed by atoms with Crippen molar-refractivity contribution in [2.45, 2.75) is 25.7 Å². The van der Waals surface area contributed by atoms with Crippen molar-refractivity contribution in [2.75, 3.05) is 78.5 Å². The molecule has 0 aliphatic carbocycles. The van der Waals surface area contributed by atoms with Crippen molar-refractivity contribution in [3.8, 4) is 0 Å². The summed E-state index contributed by atoms with van der Waals surface area (Å²) in [4.78, 5) is 0. The Balaban J connectivity index is 0. The SMILES string of the molecule is NCCCCCCN.NCCNCCNCCNCCNCCN. The Kier molecular flexibility index (Phi) is 29.7. The smallest absolute Gasteiger partial charge is 0.00772 e. The predicted octanol–water partition coefficient (Wildman–Crippen LogP) is -2.27. The fourth-order valence-corrected chi connectivity index (χ4v) is 1.88. The van der Waals surface area contributed by atoms with Crippen LogP contribution in [0.5, 0.6) is 0 Å². The van der Waals surface area contributed by atoms with Crippen LogP contribution in [0.2, 0.25) is 0 Å². The fourth-order valence-electron chi connectivity index (χ4n) is 1.88. The van der Waals surface area contributed by atoms with Gasteiger partial charge in [0.2, 0.25) is 0 Å². The Morgan fingerprint density at radius 2 is 0.625 bits per heavy atom. The first kappa shape index (κ1) is 25.9. The van der Waals surface area contributed by atoms with Crippen LogP contribution < -0.4 is 44.2 Å². The molecule has 8 nitrogen and oxygen atoms in total. The summed E-state index contributed by atoms with van der Waals surface area (Å²) in [5, 5.41) is 13.1. The summed E-state index contributed by atoms with van der Waals surface area (Å²) in [5.41, 5.74) is 21.3. The summed E-state index contributed by atoms with van der Waals surface area (Å²) < 4.78 is 0. The molecule has 0 saturated carbocycles. The average molecular weight is 349 g/mol. The molecule has 0 heterocycles. The van der Waals surface area contributed by atoms with E-state index in [9.17, 15) is 0 Å². The van der Waals surface area contributed by atoms with Crippen molar-refractivity contribution in [3.05, 3.63) is 0 Å². The van der Waals surface area contributed by atoms with Gasteiger partial charge in [-0.15, -0.1) is 0 Å². The molecule has 0 aromatic carbocycles. The summed E-state index contributed by atoms with van der Waals surface area (Å²) in [6, 6.07) is 0. The highest BCUT2D eigenvalue weighted by atomic mass is 15.0. The van der Waals surface area contributed by atoms with Crippen LogP contribution in [0, 0.1) is 0 Å². The fraction of sp³-hybridized carbons (Fsp3) is 1.00. The summed E-state index contributed by atoms with van der Waals surface area (Å²) in [7, 11) is 0. The lowest BCUT2D eigenvalue weighted by molar-refractivity contribution is 0.569. The second-order valence-electron chi connectivity index (χ2n) is 5.57. The van der Waals surface area contributed by atoms with Gasteiger partial charge < -0.3 is 44.2 Å². The highest BCUT2D eigenvalue weighted by molar-refractivity contribution is 4.56. The quantitative estimate of drug-likeness (QED) is 0.129. The molecule has 24 heavy (non-hydrogen) atoms. The molecule has 148 valence electrons. The van der Waals surface area contributed by atoms with E-state index in [2.05, 4.69) is 21.3 Å². The van der Waals surface area contributed by atoms with Gasteiger partial charge in [0.15, 0.2) is 0 Å². The summed E-state index contributed by atoms with van der Waals surface area (Å²) in [6.45, 7) is 10.8.